The molecule has 30 heavy (non-hydrogen) atoms. The maximum absolute atomic E-state index is 12.2. The Hall–Kier alpha value is -2.48. The molecule has 1 amide bonds. The molecule has 1 saturated heterocycles. The van der Waals surface area contributed by atoms with E-state index in [4.69, 9.17) is 14.5 Å². The molecular formula is C23H27N3O3S. The van der Waals surface area contributed by atoms with Gasteiger partial charge in [0.1, 0.15) is 10.8 Å². The lowest BCUT2D eigenvalue weighted by molar-refractivity contribution is -0.123. The molecule has 1 aliphatic heterocycles. The predicted octanol–water partition coefficient (Wildman–Crippen LogP) is 3.70. The molecule has 6 nitrogen and oxygen atoms in total. The minimum atomic E-state index is -0.128. The van der Waals surface area contributed by atoms with Gasteiger partial charge in [-0.2, -0.15) is 0 Å². The van der Waals surface area contributed by atoms with Gasteiger partial charge in [0, 0.05) is 30.8 Å². The molecule has 0 saturated carbocycles. The summed E-state index contributed by atoms with van der Waals surface area (Å²) in [5.74, 6) is 0.595. The Morgan fingerprint density at radius 1 is 1.30 bits per heavy atom. The van der Waals surface area contributed by atoms with Crippen LogP contribution in [-0.4, -0.2) is 55.7 Å². The van der Waals surface area contributed by atoms with Crippen molar-refractivity contribution in [3.8, 4) is 16.3 Å². The second-order valence-electron chi connectivity index (χ2n) is 7.77. The van der Waals surface area contributed by atoms with E-state index < -0.39 is 0 Å². The molecule has 0 unspecified atom stereocenters. The van der Waals surface area contributed by atoms with Gasteiger partial charge in [-0.05, 0) is 57.3 Å². The summed E-state index contributed by atoms with van der Waals surface area (Å²) in [4.78, 5) is 19.0. The number of hydrogen-bond donors (Lipinski definition) is 1. The third-order valence-electron chi connectivity index (χ3n) is 5.00. The summed E-state index contributed by atoms with van der Waals surface area (Å²) in [6.07, 6.45) is 2.19. The topological polar surface area (TPSA) is 63.7 Å². The summed E-state index contributed by atoms with van der Waals surface area (Å²) >= 11 is 1.68. The lowest BCUT2D eigenvalue weighted by Crippen LogP contribution is -2.35. The van der Waals surface area contributed by atoms with Crippen LogP contribution >= 0.6 is 11.3 Å². The summed E-state index contributed by atoms with van der Waals surface area (Å²) < 4.78 is 12.6. The first kappa shape index (κ1) is 20.8. The molecular weight excluding hydrogens is 398 g/mol. The van der Waals surface area contributed by atoms with Gasteiger partial charge in [-0.3, -0.25) is 4.79 Å². The quantitative estimate of drug-likeness (QED) is 0.596. The maximum atomic E-state index is 12.2. The van der Waals surface area contributed by atoms with Crippen LogP contribution in [0.2, 0.25) is 0 Å². The number of para-hydroxylation sites is 1. The van der Waals surface area contributed by atoms with Crippen molar-refractivity contribution in [1.29, 1.82) is 0 Å². The van der Waals surface area contributed by atoms with Crippen LogP contribution in [0.5, 0.6) is 5.75 Å². The van der Waals surface area contributed by atoms with E-state index in [-0.39, 0.29) is 18.6 Å². The second-order valence-corrected chi connectivity index (χ2v) is 8.81. The molecule has 0 spiro atoms. The van der Waals surface area contributed by atoms with Gasteiger partial charge in [0.05, 0.1) is 16.3 Å². The SMILES string of the molecule is CN(C)Cc1cc(-c2nc3ccccc3s2)ccc1OCC(=O)NC[C@@H]1CCCO1. The number of carbonyl (C=O) groups is 1. The molecule has 0 bridgehead atoms. The van der Waals surface area contributed by atoms with Crippen LogP contribution in [0, 0.1) is 0 Å². The number of ether oxygens (including phenoxy) is 2. The van der Waals surface area contributed by atoms with E-state index in [9.17, 15) is 4.79 Å². The minimum Gasteiger partial charge on any atom is -0.483 e. The Morgan fingerprint density at radius 3 is 2.93 bits per heavy atom. The number of nitrogens with zero attached hydrogens (tertiary/aromatic N) is 2. The van der Waals surface area contributed by atoms with Crippen LogP contribution in [0.25, 0.3) is 20.8 Å². The molecule has 0 radical (unpaired) electrons. The first-order valence-corrected chi connectivity index (χ1v) is 11.0. The van der Waals surface area contributed by atoms with Crippen LogP contribution in [0.15, 0.2) is 42.5 Å². The minimum absolute atomic E-state index is 0.00632. The van der Waals surface area contributed by atoms with Crippen LogP contribution in [0.4, 0.5) is 0 Å². The van der Waals surface area contributed by atoms with Gasteiger partial charge >= 0.3 is 0 Å². The molecule has 4 rings (SSSR count). The molecule has 1 fully saturated rings. The van der Waals surface area contributed by atoms with Gasteiger partial charge in [-0.1, -0.05) is 12.1 Å². The van der Waals surface area contributed by atoms with Gasteiger partial charge in [0.15, 0.2) is 6.61 Å². The monoisotopic (exact) mass is 425 g/mol. The number of aromatic nitrogens is 1. The summed E-state index contributed by atoms with van der Waals surface area (Å²) in [7, 11) is 4.03. The fourth-order valence-electron chi connectivity index (χ4n) is 3.54. The molecule has 1 atom stereocenters. The van der Waals surface area contributed by atoms with Crippen LogP contribution in [0.3, 0.4) is 0 Å². The van der Waals surface area contributed by atoms with E-state index in [1.165, 1.54) is 4.70 Å². The van der Waals surface area contributed by atoms with Crippen LogP contribution in [0.1, 0.15) is 18.4 Å². The van der Waals surface area contributed by atoms with E-state index in [0.717, 1.165) is 46.8 Å². The zero-order valence-corrected chi connectivity index (χ0v) is 18.2. The van der Waals surface area contributed by atoms with Gasteiger partial charge in [0.25, 0.3) is 5.91 Å². The largest absolute Gasteiger partial charge is 0.483 e. The Kier molecular flexibility index (Phi) is 6.62. The van der Waals surface area contributed by atoms with Gasteiger partial charge < -0.3 is 19.7 Å². The fourth-order valence-corrected chi connectivity index (χ4v) is 4.50. The van der Waals surface area contributed by atoms with Crippen molar-refractivity contribution in [2.45, 2.75) is 25.5 Å². The third kappa shape index (κ3) is 5.16. The van der Waals surface area contributed by atoms with Gasteiger partial charge in [-0.15, -0.1) is 11.3 Å². The van der Waals surface area contributed by atoms with Crippen molar-refractivity contribution in [2.24, 2.45) is 0 Å². The molecule has 2 aromatic carbocycles. The zero-order valence-electron chi connectivity index (χ0n) is 17.4. The number of thiazole rings is 1. The lowest BCUT2D eigenvalue weighted by Gasteiger charge is -2.16. The number of nitrogens with one attached hydrogen (secondary N) is 1. The van der Waals surface area contributed by atoms with E-state index >= 15 is 0 Å². The van der Waals surface area contributed by atoms with Crippen molar-refractivity contribution in [3.63, 3.8) is 0 Å². The molecule has 3 aromatic rings. The van der Waals surface area contributed by atoms with E-state index in [1.807, 2.05) is 44.4 Å². The average Bonchev–Trinajstić information content (AvgIpc) is 3.40. The highest BCUT2D eigenvalue weighted by molar-refractivity contribution is 7.21. The van der Waals surface area contributed by atoms with Crippen molar-refractivity contribution in [3.05, 3.63) is 48.0 Å². The number of amides is 1. The molecule has 158 valence electrons. The highest BCUT2D eigenvalue weighted by Gasteiger charge is 2.17. The molecule has 1 aliphatic rings. The Bertz CT molecular complexity index is 979. The number of carbonyl (C=O) groups excluding carboxylic acids is 1. The Morgan fingerprint density at radius 2 is 2.17 bits per heavy atom. The highest BCUT2D eigenvalue weighted by atomic mass is 32.1. The first-order chi connectivity index (χ1) is 14.6. The van der Waals surface area contributed by atoms with Crippen molar-refractivity contribution < 1.29 is 14.3 Å². The van der Waals surface area contributed by atoms with Gasteiger partial charge in [-0.25, -0.2) is 4.98 Å². The predicted molar refractivity (Wildman–Crippen MR) is 120 cm³/mol. The molecule has 7 heteroatoms. The summed E-state index contributed by atoms with van der Waals surface area (Å²) in [6, 6.07) is 14.2. The van der Waals surface area contributed by atoms with Crippen molar-refractivity contribution in [1.82, 2.24) is 15.2 Å². The zero-order chi connectivity index (χ0) is 20.9. The third-order valence-corrected chi connectivity index (χ3v) is 6.08. The van der Waals surface area contributed by atoms with E-state index in [1.54, 1.807) is 11.3 Å². The summed E-state index contributed by atoms with van der Waals surface area (Å²) in [5, 5.41) is 3.88. The number of rotatable bonds is 8. The molecule has 2 heterocycles. The van der Waals surface area contributed by atoms with Crippen molar-refractivity contribution in [2.75, 3.05) is 33.9 Å². The normalized spacial score (nSPS) is 16.3. The number of fused-ring (bicyclic) bond motifs is 1. The standard InChI is InChI=1S/C23H27N3O3S/c1-26(2)14-17-12-16(23-25-19-7-3-4-8-21(19)30-23)9-10-20(17)29-15-22(27)24-13-18-6-5-11-28-18/h3-4,7-10,12,18H,5-6,11,13-15H2,1-2H3,(H,24,27)/t18-/m0/s1. The van der Waals surface area contributed by atoms with Gasteiger partial charge in [0.2, 0.25) is 0 Å². The molecule has 0 aliphatic carbocycles. The maximum Gasteiger partial charge on any atom is 0.258 e. The second kappa shape index (κ2) is 9.55. The summed E-state index contributed by atoms with van der Waals surface area (Å²) in [5.41, 5.74) is 3.10. The van der Waals surface area contributed by atoms with Crippen LogP contribution in [-0.2, 0) is 16.1 Å². The number of hydrogen-bond acceptors (Lipinski definition) is 6. The number of benzene rings is 2. The van der Waals surface area contributed by atoms with E-state index in [2.05, 4.69) is 22.3 Å². The van der Waals surface area contributed by atoms with Crippen molar-refractivity contribution >= 4 is 27.5 Å². The lowest BCUT2D eigenvalue weighted by atomic mass is 10.1. The fraction of sp³-hybridized carbons (Fsp3) is 0.391. The van der Waals surface area contributed by atoms with Crippen LogP contribution < -0.4 is 10.1 Å². The smallest absolute Gasteiger partial charge is 0.258 e. The highest BCUT2D eigenvalue weighted by Crippen LogP contribution is 2.33. The Balaban J connectivity index is 1.46. The molecule has 1 aromatic heterocycles. The van der Waals surface area contributed by atoms with E-state index in [0.29, 0.717) is 13.1 Å². The Labute approximate surface area is 180 Å². The molecule has 1 N–H and O–H groups in total. The average molecular weight is 426 g/mol. The first-order valence-electron chi connectivity index (χ1n) is 10.2. The summed E-state index contributed by atoms with van der Waals surface area (Å²) in [6.45, 7) is 2.04.